The highest BCUT2D eigenvalue weighted by Crippen LogP contribution is 2.36. The Labute approximate surface area is 120 Å². The van der Waals surface area contributed by atoms with Crippen molar-refractivity contribution in [1.82, 2.24) is 9.97 Å². The molecule has 1 unspecified atom stereocenters. The zero-order chi connectivity index (χ0) is 13.9. The Hall–Kier alpha value is -1.95. The van der Waals surface area contributed by atoms with Crippen LogP contribution in [0.1, 0.15) is 17.9 Å². The largest absolute Gasteiger partial charge is 0.493 e. The van der Waals surface area contributed by atoms with E-state index in [1.54, 1.807) is 0 Å². The van der Waals surface area contributed by atoms with Gasteiger partial charge in [0, 0.05) is 17.7 Å². The Balaban J connectivity index is 1.75. The van der Waals surface area contributed by atoms with Crippen molar-refractivity contribution in [1.29, 1.82) is 0 Å². The van der Waals surface area contributed by atoms with Crippen LogP contribution >= 0.6 is 11.8 Å². The third-order valence-corrected chi connectivity index (χ3v) is 4.28. The Morgan fingerprint density at radius 1 is 1.45 bits per heavy atom. The van der Waals surface area contributed by atoms with Gasteiger partial charge < -0.3 is 15.5 Å². The molecule has 1 aromatic carbocycles. The fourth-order valence-corrected chi connectivity index (χ4v) is 3.34. The minimum atomic E-state index is -0.215. The number of ether oxygens (including phenoxy) is 1. The van der Waals surface area contributed by atoms with Crippen LogP contribution in [0.3, 0.4) is 0 Å². The number of nitrogens with one attached hydrogen (secondary N) is 1. The molecule has 1 aliphatic heterocycles. The molecule has 0 aliphatic carbocycles. The lowest BCUT2D eigenvalue weighted by atomic mass is 9.95. The van der Waals surface area contributed by atoms with Crippen molar-refractivity contribution >= 4 is 17.6 Å². The quantitative estimate of drug-likeness (QED) is 0.667. The molecule has 6 heteroatoms. The number of benzene rings is 1. The summed E-state index contributed by atoms with van der Waals surface area (Å²) < 4.78 is 5.64. The fraction of sp³-hybridized carbons (Fsp3) is 0.286. The van der Waals surface area contributed by atoms with Gasteiger partial charge in [0.15, 0.2) is 5.16 Å². The molecule has 3 N–H and O–H groups in total. The highest BCUT2D eigenvalue weighted by atomic mass is 32.2. The molecule has 0 fully saturated rings. The number of hydrogen-bond acceptors (Lipinski definition) is 5. The summed E-state index contributed by atoms with van der Waals surface area (Å²) in [7, 11) is 0. The van der Waals surface area contributed by atoms with Gasteiger partial charge in [0.25, 0.3) is 5.56 Å². The van der Waals surface area contributed by atoms with Gasteiger partial charge in [-0.1, -0.05) is 30.0 Å². The standard InChI is InChI=1S/C14H15N3O2S/c15-12-7-13(18)17-14(16-12)20-8-9-5-6-19-11-4-2-1-3-10(9)11/h1-4,7,9H,5-6,8H2,(H3,15,16,17,18). The van der Waals surface area contributed by atoms with Gasteiger partial charge in [0.2, 0.25) is 0 Å². The average molecular weight is 289 g/mol. The van der Waals surface area contributed by atoms with E-state index in [9.17, 15) is 4.79 Å². The Kier molecular flexibility index (Phi) is 3.64. The number of aromatic amines is 1. The van der Waals surface area contributed by atoms with E-state index in [1.165, 1.54) is 23.4 Å². The minimum absolute atomic E-state index is 0.215. The van der Waals surface area contributed by atoms with E-state index in [2.05, 4.69) is 16.0 Å². The lowest BCUT2D eigenvalue weighted by molar-refractivity contribution is 0.273. The normalized spacial score (nSPS) is 17.3. The molecular weight excluding hydrogens is 274 g/mol. The Morgan fingerprint density at radius 2 is 2.30 bits per heavy atom. The molecule has 5 nitrogen and oxygen atoms in total. The third kappa shape index (κ3) is 2.80. The van der Waals surface area contributed by atoms with Crippen molar-refractivity contribution in [2.75, 3.05) is 18.1 Å². The number of fused-ring (bicyclic) bond motifs is 1. The Morgan fingerprint density at radius 3 is 3.15 bits per heavy atom. The smallest absolute Gasteiger partial charge is 0.253 e. The molecule has 104 valence electrons. The van der Waals surface area contributed by atoms with Gasteiger partial charge >= 0.3 is 0 Å². The second-order valence-corrected chi connectivity index (χ2v) is 5.67. The molecule has 0 saturated carbocycles. The van der Waals surface area contributed by atoms with E-state index >= 15 is 0 Å². The van der Waals surface area contributed by atoms with Crippen LogP contribution in [0.25, 0.3) is 0 Å². The lowest BCUT2D eigenvalue weighted by Gasteiger charge is -2.25. The number of aromatic nitrogens is 2. The average Bonchev–Trinajstić information content (AvgIpc) is 2.44. The molecule has 1 aromatic heterocycles. The van der Waals surface area contributed by atoms with Crippen molar-refractivity contribution in [3.05, 3.63) is 46.2 Å². The first-order chi connectivity index (χ1) is 9.72. The second-order valence-electron chi connectivity index (χ2n) is 4.66. The number of H-pyrrole nitrogens is 1. The van der Waals surface area contributed by atoms with E-state index in [4.69, 9.17) is 10.5 Å². The SMILES string of the molecule is Nc1cc(=O)[nH]c(SCC2CCOc3ccccc32)n1. The van der Waals surface area contributed by atoms with Crippen LogP contribution in [0.2, 0.25) is 0 Å². The molecule has 0 saturated heterocycles. The fourth-order valence-electron chi connectivity index (χ4n) is 2.29. The van der Waals surface area contributed by atoms with Gasteiger partial charge in [-0.25, -0.2) is 4.98 Å². The van der Waals surface area contributed by atoms with Crippen molar-refractivity contribution < 1.29 is 4.74 Å². The molecule has 0 bridgehead atoms. The number of para-hydroxylation sites is 1. The summed E-state index contributed by atoms with van der Waals surface area (Å²) >= 11 is 1.52. The van der Waals surface area contributed by atoms with Gasteiger partial charge in [-0.15, -0.1) is 0 Å². The maximum absolute atomic E-state index is 11.4. The second kappa shape index (κ2) is 5.58. The van der Waals surface area contributed by atoms with Gasteiger partial charge in [-0.3, -0.25) is 4.79 Å². The van der Waals surface area contributed by atoms with Crippen molar-refractivity contribution in [2.24, 2.45) is 0 Å². The summed E-state index contributed by atoms with van der Waals surface area (Å²) in [6.07, 6.45) is 0.969. The molecule has 0 radical (unpaired) electrons. The molecule has 2 aromatic rings. The van der Waals surface area contributed by atoms with Crippen LogP contribution in [0.5, 0.6) is 5.75 Å². The predicted octanol–water partition coefficient (Wildman–Crippen LogP) is 2.01. The zero-order valence-electron chi connectivity index (χ0n) is 10.8. The maximum atomic E-state index is 11.4. The van der Waals surface area contributed by atoms with E-state index in [0.717, 1.165) is 24.5 Å². The van der Waals surface area contributed by atoms with Gasteiger partial charge in [0.05, 0.1) is 6.61 Å². The molecule has 1 atom stereocenters. The predicted molar refractivity (Wildman–Crippen MR) is 79.3 cm³/mol. The number of rotatable bonds is 3. The summed E-state index contributed by atoms with van der Waals surface area (Å²) in [5, 5.41) is 0.568. The van der Waals surface area contributed by atoms with E-state index in [-0.39, 0.29) is 11.4 Å². The summed E-state index contributed by atoms with van der Waals surface area (Å²) in [4.78, 5) is 18.2. The first-order valence-electron chi connectivity index (χ1n) is 6.44. The monoisotopic (exact) mass is 289 g/mol. The lowest BCUT2D eigenvalue weighted by Crippen LogP contribution is -2.16. The highest BCUT2D eigenvalue weighted by molar-refractivity contribution is 7.99. The molecule has 3 rings (SSSR count). The number of anilines is 1. The highest BCUT2D eigenvalue weighted by Gasteiger charge is 2.21. The molecule has 20 heavy (non-hydrogen) atoms. The van der Waals surface area contributed by atoms with E-state index in [1.807, 2.05) is 18.2 Å². The molecule has 1 aliphatic rings. The first-order valence-corrected chi connectivity index (χ1v) is 7.42. The third-order valence-electron chi connectivity index (χ3n) is 3.24. The van der Waals surface area contributed by atoms with Crippen LogP contribution < -0.4 is 16.0 Å². The van der Waals surface area contributed by atoms with E-state index < -0.39 is 0 Å². The maximum Gasteiger partial charge on any atom is 0.253 e. The summed E-state index contributed by atoms with van der Waals surface area (Å²) in [5.41, 5.74) is 6.58. The number of hydrogen-bond donors (Lipinski definition) is 2. The van der Waals surface area contributed by atoms with Crippen LogP contribution in [0, 0.1) is 0 Å². The van der Waals surface area contributed by atoms with Crippen LogP contribution in [0.4, 0.5) is 5.82 Å². The summed E-state index contributed by atoms with van der Waals surface area (Å²) in [6, 6.07) is 9.37. The summed E-state index contributed by atoms with van der Waals surface area (Å²) in [5.74, 6) is 2.45. The van der Waals surface area contributed by atoms with Gasteiger partial charge in [0.1, 0.15) is 11.6 Å². The molecule has 2 heterocycles. The zero-order valence-corrected chi connectivity index (χ0v) is 11.7. The minimum Gasteiger partial charge on any atom is -0.493 e. The molecular formula is C14H15N3O2S. The topological polar surface area (TPSA) is 81.0 Å². The van der Waals surface area contributed by atoms with Crippen LogP contribution in [-0.4, -0.2) is 22.3 Å². The Bertz CT molecular complexity index is 671. The summed E-state index contributed by atoms with van der Waals surface area (Å²) in [6.45, 7) is 0.725. The molecule has 0 amide bonds. The number of thioether (sulfide) groups is 1. The number of nitrogen functional groups attached to an aromatic ring is 1. The van der Waals surface area contributed by atoms with Crippen molar-refractivity contribution in [2.45, 2.75) is 17.5 Å². The van der Waals surface area contributed by atoms with Crippen LogP contribution in [-0.2, 0) is 0 Å². The first kappa shape index (κ1) is 13.1. The van der Waals surface area contributed by atoms with Crippen molar-refractivity contribution in [3.8, 4) is 5.75 Å². The van der Waals surface area contributed by atoms with Crippen molar-refractivity contribution in [3.63, 3.8) is 0 Å². The van der Waals surface area contributed by atoms with E-state index in [0.29, 0.717) is 11.1 Å². The van der Waals surface area contributed by atoms with Gasteiger partial charge in [-0.2, -0.15) is 0 Å². The van der Waals surface area contributed by atoms with Crippen LogP contribution in [0.15, 0.2) is 40.3 Å². The number of nitrogens with zero attached hydrogens (tertiary/aromatic N) is 1. The molecule has 0 spiro atoms. The van der Waals surface area contributed by atoms with Gasteiger partial charge in [-0.05, 0) is 18.1 Å². The number of nitrogens with two attached hydrogens (primary N) is 1.